The van der Waals surface area contributed by atoms with Gasteiger partial charge in [-0.15, -0.1) is 24.0 Å². The third-order valence-corrected chi connectivity index (χ3v) is 7.06. The predicted octanol–water partition coefficient (Wildman–Crippen LogP) is 2.92. The molecule has 2 N–H and O–H groups in total. The molecule has 0 spiro atoms. The largest absolute Gasteiger partial charge is 0.383 e. The predicted molar refractivity (Wildman–Crippen MR) is 132 cm³/mol. The Hall–Kier alpha value is -0.120. The summed E-state index contributed by atoms with van der Waals surface area (Å²) in [6, 6.07) is 1.43. The zero-order valence-corrected chi connectivity index (χ0v) is 21.0. The van der Waals surface area contributed by atoms with Gasteiger partial charge in [-0.05, 0) is 57.5 Å². The topological polar surface area (TPSA) is 52.1 Å². The Morgan fingerprint density at radius 3 is 2.28 bits per heavy atom. The number of rotatable bonds is 7. The van der Waals surface area contributed by atoms with Crippen LogP contribution in [0.5, 0.6) is 0 Å². The number of halogens is 1. The van der Waals surface area contributed by atoms with Crippen molar-refractivity contribution in [3.8, 4) is 0 Å². The second-order valence-electron chi connectivity index (χ2n) is 8.98. The van der Waals surface area contributed by atoms with Crippen molar-refractivity contribution in [2.24, 2.45) is 10.9 Å². The molecular weight excluding hydrogens is 477 g/mol. The molecule has 0 unspecified atom stereocenters. The molecule has 1 aliphatic carbocycles. The van der Waals surface area contributed by atoms with Gasteiger partial charge in [0.2, 0.25) is 0 Å². The van der Waals surface area contributed by atoms with Crippen LogP contribution in [0.2, 0.25) is 0 Å². The number of likely N-dealkylation sites (tertiary alicyclic amines) is 2. The highest BCUT2D eigenvalue weighted by molar-refractivity contribution is 14.0. The van der Waals surface area contributed by atoms with Crippen molar-refractivity contribution in [2.45, 2.75) is 69.9 Å². The molecule has 0 radical (unpaired) electrons. The van der Waals surface area contributed by atoms with Gasteiger partial charge in [-0.2, -0.15) is 0 Å². The molecule has 3 fully saturated rings. The molecule has 6 nitrogen and oxygen atoms in total. The molecule has 0 bridgehead atoms. The summed E-state index contributed by atoms with van der Waals surface area (Å²) in [5.41, 5.74) is 0. The molecule has 7 heteroatoms. The molecule has 2 heterocycles. The molecule has 2 aliphatic heterocycles. The van der Waals surface area contributed by atoms with Gasteiger partial charge in [-0.1, -0.05) is 19.3 Å². The lowest BCUT2D eigenvalue weighted by molar-refractivity contribution is 0.118. The van der Waals surface area contributed by atoms with Crippen LogP contribution in [0, 0.1) is 5.92 Å². The van der Waals surface area contributed by atoms with E-state index in [1.54, 1.807) is 7.11 Å². The summed E-state index contributed by atoms with van der Waals surface area (Å²) in [4.78, 5) is 9.76. The molecule has 0 amide bonds. The van der Waals surface area contributed by atoms with Crippen LogP contribution in [0.1, 0.15) is 57.8 Å². The average Bonchev–Trinajstić information content (AvgIpc) is 2.77. The molecule has 0 aromatic rings. The third-order valence-electron chi connectivity index (χ3n) is 7.06. The highest BCUT2D eigenvalue weighted by atomic mass is 127. The average molecular weight is 522 g/mol. The van der Waals surface area contributed by atoms with Crippen LogP contribution in [0.4, 0.5) is 0 Å². The molecule has 29 heavy (non-hydrogen) atoms. The Balaban J connectivity index is 0.00000300. The van der Waals surface area contributed by atoms with Gasteiger partial charge in [0.25, 0.3) is 0 Å². The maximum Gasteiger partial charge on any atom is 0.191 e. The van der Waals surface area contributed by atoms with Crippen LogP contribution in [-0.2, 0) is 4.74 Å². The molecule has 0 atom stereocenters. The number of aliphatic imine (C=N–C) groups is 1. The van der Waals surface area contributed by atoms with Crippen molar-refractivity contribution in [2.75, 3.05) is 60.0 Å². The smallest absolute Gasteiger partial charge is 0.191 e. The van der Waals surface area contributed by atoms with E-state index in [0.29, 0.717) is 6.04 Å². The SMILES string of the molecule is CN=C(NCC1CCN(CCOC)CC1)NC1CCN(C2CCCCC2)CC1.I. The molecule has 3 rings (SSSR count). The Bertz CT molecular complexity index is 456. The first kappa shape index (κ1) is 25.1. The number of hydrogen-bond acceptors (Lipinski definition) is 4. The first-order chi connectivity index (χ1) is 13.8. The summed E-state index contributed by atoms with van der Waals surface area (Å²) in [6.45, 7) is 7.85. The van der Waals surface area contributed by atoms with E-state index >= 15 is 0 Å². The molecule has 3 aliphatic rings. The quantitative estimate of drug-likeness (QED) is 0.307. The molecule has 170 valence electrons. The monoisotopic (exact) mass is 521 g/mol. The molecular formula is C22H44IN5O. The Morgan fingerprint density at radius 2 is 1.66 bits per heavy atom. The van der Waals surface area contributed by atoms with E-state index in [4.69, 9.17) is 4.74 Å². The van der Waals surface area contributed by atoms with Crippen molar-refractivity contribution in [1.29, 1.82) is 0 Å². The highest BCUT2D eigenvalue weighted by Gasteiger charge is 2.26. The number of piperidine rings is 2. The second-order valence-corrected chi connectivity index (χ2v) is 8.98. The van der Waals surface area contributed by atoms with E-state index < -0.39 is 0 Å². The molecule has 2 saturated heterocycles. The van der Waals surface area contributed by atoms with E-state index in [9.17, 15) is 0 Å². The van der Waals surface area contributed by atoms with Gasteiger partial charge >= 0.3 is 0 Å². The van der Waals surface area contributed by atoms with Gasteiger partial charge in [-0.3, -0.25) is 4.99 Å². The van der Waals surface area contributed by atoms with Crippen LogP contribution in [0.25, 0.3) is 0 Å². The van der Waals surface area contributed by atoms with E-state index in [-0.39, 0.29) is 24.0 Å². The van der Waals surface area contributed by atoms with Crippen molar-refractivity contribution in [3.63, 3.8) is 0 Å². The second kappa shape index (κ2) is 14.0. The summed E-state index contributed by atoms with van der Waals surface area (Å²) in [6.07, 6.45) is 12.2. The van der Waals surface area contributed by atoms with Gasteiger partial charge in [0.05, 0.1) is 6.61 Å². The lowest BCUT2D eigenvalue weighted by atomic mass is 9.92. The maximum atomic E-state index is 5.20. The van der Waals surface area contributed by atoms with E-state index in [2.05, 4.69) is 25.4 Å². The molecule has 0 aromatic heterocycles. The minimum Gasteiger partial charge on any atom is -0.383 e. The summed E-state index contributed by atoms with van der Waals surface area (Å²) in [5.74, 6) is 1.75. The van der Waals surface area contributed by atoms with Crippen LogP contribution >= 0.6 is 24.0 Å². The van der Waals surface area contributed by atoms with Crippen molar-refractivity contribution in [1.82, 2.24) is 20.4 Å². The van der Waals surface area contributed by atoms with Crippen molar-refractivity contribution >= 4 is 29.9 Å². The van der Waals surface area contributed by atoms with Crippen LogP contribution in [0.15, 0.2) is 4.99 Å². The van der Waals surface area contributed by atoms with Gasteiger partial charge in [0, 0.05) is 52.4 Å². The van der Waals surface area contributed by atoms with Crippen LogP contribution in [0.3, 0.4) is 0 Å². The number of methoxy groups -OCH3 is 1. The number of nitrogens with zero attached hydrogens (tertiary/aromatic N) is 3. The Morgan fingerprint density at radius 1 is 0.966 bits per heavy atom. The van der Waals surface area contributed by atoms with Gasteiger partial charge in [-0.25, -0.2) is 0 Å². The lowest BCUT2D eigenvalue weighted by Crippen LogP contribution is -2.51. The summed E-state index contributed by atoms with van der Waals surface area (Å²) in [7, 11) is 3.69. The fourth-order valence-electron chi connectivity index (χ4n) is 5.12. The number of ether oxygens (including phenoxy) is 1. The van der Waals surface area contributed by atoms with Crippen LogP contribution < -0.4 is 10.6 Å². The van der Waals surface area contributed by atoms with Gasteiger partial charge < -0.3 is 25.2 Å². The normalized spacial score (nSPS) is 24.3. The maximum absolute atomic E-state index is 5.20. The molecule has 1 saturated carbocycles. The fourth-order valence-corrected chi connectivity index (χ4v) is 5.12. The minimum atomic E-state index is 0. The van der Waals surface area contributed by atoms with Gasteiger partial charge in [0.15, 0.2) is 5.96 Å². The van der Waals surface area contributed by atoms with Gasteiger partial charge in [0.1, 0.15) is 0 Å². The van der Waals surface area contributed by atoms with Crippen molar-refractivity contribution < 1.29 is 4.74 Å². The summed E-state index contributed by atoms with van der Waals surface area (Å²) in [5, 5.41) is 7.29. The number of nitrogens with one attached hydrogen (secondary N) is 2. The summed E-state index contributed by atoms with van der Waals surface area (Å²) < 4.78 is 5.20. The highest BCUT2D eigenvalue weighted by Crippen LogP contribution is 2.25. The zero-order chi connectivity index (χ0) is 19.6. The third kappa shape index (κ3) is 8.50. The number of guanidine groups is 1. The van der Waals surface area contributed by atoms with E-state index in [0.717, 1.165) is 37.6 Å². The number of hydrogen-bond donors (Lipinski definition) is 2. The minimum absolute atomic E-state index is 0. The first-order valence-corrected chi connectivity index (χ1v) is 11.7. The fraction of sp³-hybridized carbons (Fsp3) is 0.955. The van der Waals surface area contributed by atoms with E-state index in [1.165, 1.54) is 84.0 Å². The standard InChI is InChI=1S/C22H43N5O.HI/c1-23-22(24-18-19-8-12-26(13-9-19)16-17-28-2)25-20-10-14-27(15-11-20)21-6-4-3-5-7-21;/h19-21H,3-18H2,1-2H3,(H2,23,24,25);1H. The first-order valence-electron chi connectivity index (χ1n) is 11.7. The molecule has 0 aromatic carbocycles. The lowest BCUT2D eigenvalue weighted by Gasteiger charge is -2.39. The van der Waals surface area contributed by atoms with E-state index in [1.807, 2.05) is 7.05 Å². The van der Waals surface area contributed by atoms with Crippen LogP contribution in [-0.4, -0.2) is 87.9 Å². The Kier molecular flexibility index (Phi) is 12.2. The zero-order valence-electron chi connectivity index (χ0n) is 18.7. The van der Waals surface area contributed by atoms with Crippen molar-refractivity contribution in [3.05, 3.63) is 0 Å². The summed E-state index contributed by atoms with van der Waals surface area (Å²) >= 11 is 0. The Labute approximate surface area is 195 Å².